The van der Waals surface area contributed by atoms with E-state index in [-0.39, 0.29) is 5.91 Å². The van der Waals surface area contributed by atoms with Gasteiger partial charge < -0.3 is 11.1 Å². The van der Waals surface area contributed by atoms with E-state index in [4.69, 9.17) is 35.4 Å². The van der Waals surface area contributed by atoms with Crippen molar-refractivity contribution in [3.05, 3.63) is 57.7 Å². The van der Waals surface area contributed by atoms with E-state index in [0.717, 1.165) is 16.5 Å². The highest BCUT2D eigenvalue weighted by Gasteiger charge is 2.21. The number of terminal acetylenes is 1. The van der Waals surface area contributed by atoms with E-state index in [1.807, 2.05) is 0 Å². The molecule has 2 aromatic carbocycles. The van der Waals surface area contributed by atoms with Crippen LogP contribution in [0.5, 0.6) is 0 Å². The standard InChI is InChI=1S/C19H16Cl2N4O/c1-2-17-14-10-12(4-6-18(14)25-24-17)23-19(26)13(7-8-22)11-3-5-15(20)16(21)9-11/h1,3-6,9-10,13H,7-8,22H2,(H,23,26)(H,24,25). The van der Waals surface area contributed by atoms with Gasteiger partial charge in [-0.05, 0) is 48.9 Å². The zero-order chi connectivity index (χ0) is 18.7. The molecule has 1 amide bonds. The number of anilines is 1. The fraction of sp³-hybridized carbons (Fsp3) is 0.158. The molecule has 5 nitrogen and oxygen atoms in total. The van der Waals surface area contributed by atoms with E-state index in [1.54, 1.807) is 36.4 Å². The van der Waals surface area contributed by atoms with E-state index >= 15 is 0 Å². The number of aromatic amines is 1. The van der Waals surface area contributed by atoms with Crippen LogP contribution in [0.1, 0.15) is 23.6 Å². The van der Waals surface area contributed by atoms with Crippen molar-refractivity contribution >= 4 is 45.7 Å². The molecule has 0 radical (unpaired) electrons. The summed E-state index contributed by atoms with van der Waals surface area (Å²) >= 11 is 12.0. The number of hydrogen-bond donors (Lipinski definition) is 3. The molecule has 132 valence electrons. The van der Waals surface area contributed by atoms with E-state index in [1.165, 1.54) is 0 Å². The third kappa shape index (κ3) is 3.68. The molecule has 1 heterocycles. The van der Waals surface area contributed by atoms with Crippen molar-refractivity contribution in [1.29, 1.82) is 0 Å². The molecule has 0 bridgehead atoms. The summed E-state index contributed by atoms with van der Waals surface area (Å²) in [5.74, 6) is 1.91. The number of halogens is 2. The Bertz CT molecular complexity index is 1010. The highest BCUT2D eigenvalue weighted by molar-refractivity contribution is 6.42. The summed E-state index contributed by atoms with van der Waals surface area (Å²) in [5.41, 5.74) is 8.38. The van der Waals surface area contributed by atoms with Crippen LogP contribution in [0.3, 0.4) is 0 Å². The zero-order valence-corrected chi connectivity index (χ0v) is 15.2. The van der Waals surface area contributed by atoms with Gasteiger partial charge in [0.2, 0.25) is 5.91 Å². The van der Waals surface area contributed by atoms with Gasteiger partial charge in [0, 0.05) is 11.1 Å². The van der Waals surface area contributed by atoms with E-state index < -0.39 is 5.92 Å². The molecular formula is C19H16Cl2N4O. The summed E-state index contributed by atoms with van der Waals surface area (Å²) in [7, 11) is 0. The lowest BCUT2D eigenvalue weighted by Crippen LogP contribution is -2.23. The maximum Gasteiger partial charge on any atom is 0.231 e. The van der Waals surface area contributed by atoms with Crippen LogP contribution < -0.4 is 11.1 Å². The van der Waals surface area contributed by atoms with Gasteiger partial charge in [0.15, 0.2) is 0 Å². The lowest BCUT2D eigenvalue weighted by molar-refractivity contribution is -0.117. The van der Waals surface area contributed by atoms with Gasteiger partial charge in [-0.1, -0.05) is 35.2 Å². The third-order valence-corrected chi connectivity index (χ3v) is 4.82. The van der Waals surface area contributed by atoms with Gasteiger partial charge in [0.05, 0.1) is 21.5 Å². The molecule has 26 heavy (non-hydrogen) atoms. The highest BCUT2D eigenvalue weighted by atomic mass is 35.5. The number of carbonyl (C=O) groups excluding carboxylic acids is 1. The fourth-order valence-electron chi connectivity index (χ4n) is 2.77. The molecule has 0 aliphatic carbocycles. The Morgan fingerprint density at radius 3 is 2.77 bits per heavy atom. The molecule has 1 unspecified atom stereocenters. The number of aromatic nitrogens is 2. The number of nitrogens with zero attached hydrogens (tertiary/aromatic N) is 1. The SMILES string of the molecule is C#Cc1[nH]nc2ccc(NC(=O)C(CCN)c3ccc(Cl)c(Cl)c3)cc12. The predicted octanol–water partition coefficient (Wildman–Crippen LogP) is 3.92. The Kier molecular flexibility index (Phi) is 5.48. The molecule has 1 atom stereocenters. The minimum Gasteiger partial charge on any atom is -0.330 e. The lowest BCUT2D eigenvalue weighted by Gasteiger charge is -2.17. The van der Waals surface area contributed by atoms with Gasteiger partial charge in [0.1, 0.15) is 5.69 Å². The van der Waals surface area contributed by atoms with Crippen LogP contribution in [-0.4, -0.2) is 22.6 Å². The number of nitrogens with one attached hydrogen (secondary N) is 2. The smallest absolute Gasteiger partial charge is 0.231 e. The van der Waals surface area contributed by atoms with Crippen LogP contribution in [0, 0.1) is 12.3 Å². The van der Waals surface area contributed by atoms with Gasteiger partial charge in [0.25, 0.3) is 0 Å². The summed E-state index contributed by atoms with van der Waals surface area (Å²) in [5, 5.41) is 11.4. The topological polar surface area (TPSA) is 83.8 Å². The number of rotatable bonds is 5. The first-order valence-corrected chi connectivity index (χ1v) is 8.69. The molecular weight excluding hydrogens is 371 g/mol. The number of nitrogens with two attached hydrogens (primary N) is 1. The second-order valence-corrected chi connectivity index (χ2v) is 6.58. The number of benzene rings is 2. The van der Waals surface area contributed by atoms with Crippen molar-refractivity contribution in [3.8, 4) is 12.3 Å². The monoisotopic (exact) mass is 386 g/mol. The van der Waals surface area contributed by atoms with Gasteiger partial charge in [-0.3, -0.25) is 9.89 Å². The molecule has 4 N–H and O–H groups in total. The Morgan fingerprint density at radius 2 is 2.08 bits per heavy atom. The maximum atomic E-state index is 12.8. The molecule has 1 aromatic heterocycles. The van der Waals surface area contributed by atoms with Crippen molar-refractivity contribution in [3.63, 3.8) is 0 Å². The number of carbonyl (C=O) groups is 1. The van der Waals surface area contributed by atoms with E-state index in [2.05, 4.69) is 21.4 Å². The van der Waals surface area contributed by atoms with Crippen molar-refractivity contribution in [1.82, 2.24) is 10.2 Å². The summed E-state index contributed by atoms with van der Waals surface area (Å²) in [6, 6.07) is 10.5. The molecule has 7 heteroatoms. The van der Waals surface area contributed by atoms with Gasteiger partial charge in [-0.15, -0.1) is 6.42 Å². The van der Waals surface area contributed by atoms with Crippen molar-refractivity contribution in [2.75, 3.05) is 11.9 Å². The van der Waals surface area contributed by atoms with Crippen LogP contribution in [-0.2, 0) is 4.79 Å². The minimum absolute atomic E-state index is 0.182. The van der Waals surface area contributed by atoms with E-state index in [0.29, 0.717) is 34.4 Å². The molecule has 0 aliphatic rings. The average Bonchev–Trinajstić information content (AvgIpc) is 3.04. The van der Waals surface area contributed by atoms with Crippen LogP contribution >= 0.6 is 23.2 Å². The van der Waals surface area contributed by atoms with Gasteiger partial charge >= 0.3 is 0 Å². The number of amides is 1. The Hall–Kier alpha value is -2.52. The third-order valence-electron chi connectivity index (χ3n) is 4.08. The molecule has 3 aromatic rings. The first-order chi connectivity index (χ1) is 12.5. The van der Waals surface area contributed by atoms with Crippen LogP contribution in [0.25, 0.3) is 10.9 Å². The zero-order valence-electron chi connectivity index (χ0n) is 13.7. The Balaban J connectivity index is 1.88. The Labute approximate surface area is 160 Å². The second-order valence-electron chi connectivity index (χ2n) is 5.77. The van der Waals surface area contributed by atoms with Crippen molar-refractivity contribution in [2.45, 2.75) is 12.3 Å². The first kappa shape index (κ1) is 18.3. The lowest BCUT2D eigenvalue weighted by atomic mass is 9.94. The van der Waals surface area contributed by atoms with Crippen LogP contribution in [0.4, 0.5) is 5.69 Å². The normalized spacial score (nSPS) is 11.9. The van der Waals surface area contributed by atoms with Gasteiger partial charge in [-0.2, -0.15) is 5.10 Å². The molecule has 3 rings (SSSR count). The largest absolute Gasteiger partial charge is 0.330 e. The molecule has 0 saturated heterocycles. The average molecular weight is 387 g/mol. The highest BCUT2D eigenvalue weighted by Crippen LogP contribution is 2.29. The number of H-pyrrole nitrogens is 1. The first-order valence-electron chi connectivity index (χ1n) is 7.94. The quantitative estimate of drug-likeness (QED) is 0.580. The predicted molar refractivity (Wildman–Crippen MR) is 106 cm³/mol. The van der Waals surface area contributed by atoms with Crippen LogP contribution in [0.2, 0.25) is 10.0 Å². The summed E-state index contributed by atoms with van der Waals surface area (Å²) in [6.07, 6.45) is 5.94. The molecule has 0 fully saturated rings. The molecule has 0 aliphatic heterocycles. The van der Waals surface area contributed by atoms with Crippen molar-refractivity contribution < 1.29 is 4.79 Å². The maximum absolute atomic E-state index is 12.8. The number of hydrogen-bond acceptors (Lipinski definition) is 3. The minimum atomic E-state index is -0.443. The fourth-order valence-corrected chi connectivity index (χ4v) is 3.08. The van der Waals surface area contributed by atoms with E-state index in [9.17, 15) is 4.79 Å². The number of fused-ring (bicyclic) bond motifs is 1. The van der Waals surface area contributed by atoms with Crippen LogP contribution in [0.15, 0.2) is 36.4 Å². The molecule has 0 saturated carbocycles. The summed E-state index contributed by atoms with van der Waals surface area (Å²) in [6.45, 7) is 0.361. The second kappa shape index (κ2) is 7.79. The van der Waals surface area contributed by atoms with Crippen molar-refractivity contribution in [2.24, 2.45) is 5.73 Å². The Morgan fingerprint density at radius 1 is 1.27 bits per heavy atom. The molecule has 0 spiro atoms. The summed E-state index contributed by atoms with van der Waals surface area (Å²) < 4.78 is 0. The summed E-state index contributed by atoms with van der Waals surface area (Å²) in [4.78, 5) is 12.8. The van der Waals surface area contributed by atoms with Gasteiger partial charge in [-0.25, -0.2) is 0 Å².